The minimum atomic E-state index is -0.721. The lowest BCUT2D eigenvalue weighted by atomic mass is 10.1. The number of aromatic nitrogens is 1. The summed E-state index contributed by atoms with van der Waals surface area (Å²) >= 11 is 3.47. The lowest BCUT2D eigenvalue weighted by molar-refractivity contribution is 0.0884. The maximum Gasteiger partial charge on any atom is 0.142 e. The second-order valence-corrected chi connectivity index (χ2v) is 5.34. The molecule has 1 N–H and O–H groups in total. The molecule has 0 fully saturated rings. The molecule has 4 heteroatoms. The first-order chi connectivity index (χ1) is 6.79. The van der Waals surface area contributed by atoms with Crippen LogP contribution in [-0.4, -0.2) is 29.3 Å². The summed E-state index contributed by atoms with van der Waals surface area (Å²) in [7, 11) is 1.92. The van der Waals surface area contributed by atoms with E-state index < -0.39 is 5.60 Å². The van der Waals surface area contributed by atoms with Gasteiger partial charge in [0.2, 0.25) is 0 Å². The van der Waals surface area contributed by atoms with E-state index in [9.17, 15) is 5.11 Å². The summed E-state index contributed by atoms with van der Waals surface area (Å²) in [6.07, 6.45) is 1.82. The summed E-state index contributed by atoms with van der Waals surface area (Å²) in [5.41, 5.74) is 0.392. The van der Waals surface area contributed by atoms with Gasteiger partial charge in [-0.15, -0.1) is 0 Å². The van der Waals surface area contributed by atoms with E-state index in [1.54, 1.807) is 13.8 Å². The van der Waals surface area contributed by atoms with E-state index in [0.717, 1.165) is 15.9 Å². The van der Waals surface area contributed by atoms with Gasteiger partial charge < -0.3 is 10.0 Å². The number of anilines is 1. The zero-order chi connectivity index (χ0) is 11.6. The average Bonchev–Trinajstić information content (AvgIpc) is 1.99. The Bertz CT molecular complexity index is 347. The van der Waals surface area contributed by atoms with Crippen molar-refractivity contribution < 1.29 is 5.11 Å². The number of nitrogens with zero attached hydrogens (tertiary/aromatic N) is 2. The molecule has 0 aliphatic rings. The van der Waals surface area contributed by atoms with Gasteiger partial charge in [-0.2, -0.15) is 0 Å². The third kappa shape index (κ3) is 3.80. The van der Waals surface area contributed by atoms with Crippen LogP contribution in [0.25, 0.3) is 0 Å². The summed E-state index contributed by atoms with van der Waals surface area (Å²) in [5.74, 6) is 0.850. The second kappa shape index (κ2) is 4.49. The molecule has 1 aromatic heterocycles. The number of likely N-dealkylation sites (N-methyl/N-ethyl adjacent to an activating group) is 1. The van der Waals surface area contributed by atoms with E-state index in [1.807, 2.05) is 31.1 Å². The van der Waals surface area contributed by atoms with Gasteiger partial charge >= 0.3 is 0 Å². The largest absolute Gasteiger partial charge is 0.389 e. The molecule has 0 radical (unpaired) electrons. The standard InChI is InChI=1S/C11H17BrN2O/c1-8-5-9(12)10(13-6-8)14(4)7-11(2,3)15/h5-6,15H,7H2,1-4H3. The van der Waals surface area contributed by atoms with Gasteiger partial charge in [-0.25, -0.2) is 4.98 Å². The Balaban J connectivity index is 2.87. The number of aliphatic hydroxyl groups is 1. The number of aryl methyl sites for hydroxylation is 1. The van der Waals surface area contributed by atoms with Crippen LogP contribution in [0.15, 0.2) is 16.7 Å². The maximum absolute atomic E-state index is 9.71. The highest BCUT2D eigenvalue weighted by atomic mass is 79.9. The summed E-state index contributed by atoms with van der Waals surface area (Å²) in [6, 6.07) is 2.02. The van der Waals surface area contributed by atoms with Crippen LogP contribution in [-0.2, 0) is 0 Å². The number of halogens is 1. The van der Waals surface area contributed by atoms with E-state index >= 15 is 0 Å². The van der Waals surface area contributed by atoms with Crippen molar-refractivity contribution in [2.24, 2.45) is 0 Å². The molecular formula is C11H17BrN2O. The Kier molecular flexibility index (Phi) is 3.73. The van der Waals surface area contributed by atoms with E-state index in [0.29, 0.717) is 6.54 Å². The van der Waals surface area contributed by atoms with Crippen molar-refractivity contribution >= 4 is 21.7 Å². The number of pyridine rings is 1. The predicted octanol–water partition coefficient (Wildman–Crippen LogP) is 2.36. The smallest absolute Gasteiger partial charge is 0.142 e. The van der Waals surface area contributed by atoms with Crippen molar-refractivity contribution in [2.45, 2.75) is 26.4 Å². The topological polar surface area (TPSA) is 36.4 Å². The van der Waals surface area contributed by atoms with Gasteiger partial charge in [0.25, 0.3) is 0 Å². The van der Waals surface area contributed by atoms with Gasteiger partial charge in [0.15, 0.2) is 0 Å². The van der Waals surface area contributed by atoms with Gasteiger partial charge in [-0.3, -0.25) is 0 Å². The van der Waals surface area contributed by atoms with Gasteiger partial charge in [0.05, 0.1) is 10.1 Å². The van der Waals surface area contributed by atoms with Crippen LogP contribution >= 0.6 is 15.9 Å². The first kappa shape index (κ1) is 12.5. The van der Waals surface area contributed by atoms with E-state index in [1.165, 1.54) is 0 Å². The molecule has 1 heterocycles. The third-order valence-electron chi connectivity index (χ3n) is 1.94. The minimum Gasteiger partial charge on any atom is -0.389 e. The molecule has 0 aliphatic carbocycles. The average molecular weight is 273 g/mol. The molecule has 0 atom stereocenters. The molecular weight excluding hydrogens is 256 g/mol. The Morgan fingerprint density at radius 1 is 1.53 bits per heavy atom. The molecule has 3 nitrogen and oxygen atoms in total. The van der Waals surface area contributed by atoms with E-state index in [4.69, 9.17) is 0 Å². The van der Waals surface area contributed by atoms with Crippen LogP contribution in [0, 0.1) is 6.92 Å². The molecule has 0 spiro atoms. The Hall–Kier alpha value is -0.610. The molecule has 0 aliphatic heterocycles. The van der Waals surface area contributed by atoms with Crippen molar-refractivity contribution in [1.29, 1.82) is 0 Å². The molecule has 0 aromatic carbocycles. The van der Waals surface area contributed by atoms with E-state index in [-0.39, 0.29) is 0 Å². The molecule has 1 rings (SSSR count). The monoisotopic (exact) mass is 272 g/mol. The SMILES string of the molecule is Cc1cnc(N(C)CC(C)(C)O)c(Br)c1. The quantitative estimate of drug-likeness (QED) is 0.918. The number of hydrogen-bond acceptors (Lipinski definition) is 3. The zero-order valence-electron chi connectivity index (χ0n) is 9.58. The number of hydrogen-bond donors (Lipinski definition) is 1. The minimum absolute atomic E-state index is 0.543. The van der Waals surface area contributed by atoms with Crippen LogP contribution in [0.1, 0.15) is 19.4 Å². The summed E-state index contributed by atoms with van der Waals surface area (Å²) < 4.78 is 0.953. The van der Waals surface area contributed by atoms with Crippen molar-refractivity contribution in [3.05, 3.63) is 22.3 Å². The zero-order valence-corrected chi connectivity index (χ0v) is 11.2. The highest BCUT2D eigenvalue weighted by Gasteiger charge is 2.17. The first-order valence-electron chi connectivity index (χ1n) is 4.85. The highest BCUT2D eigenvalue weighted by molar-refractivity contribution is 9.10. The molecule has 15 heavy (non-hydrogen) atoms. The molecule has 1 aromatic rings. The summed E-state index contributed by atoms with van der Waals surface area (Å²) in [4.78, 5) is 6.26. The first-order valence-corrected chi connectivity index (χ1v) is 5.64. The molecule has 0 saturated carbocycles. The third-order valence-corrected chi connectivity index (χ3v) is 2.53. The lowest BCUT2D eigenvalue weighted by Gasteiger charge is -2.27. The molecule has 84 valence electrons. The Labute approximate surface area is 99.3 Å². The van der Waals surface area contributed by atoms with Crippen molar-refractivity contribution in [3.8, 4) is 0 Å². The van der Waals surface area contributed by atoms with Crippen LogP contribution in [0.2, 0.25) is 0 Å². The van der Waals surface area contributed by atoms with Crippen LogP contribution < -0.4 is 4.90 Å². The lowest BCUT2D eigenvalue weighted by Crippen LogP contribution is -2.36. The van der Waals surface area contributed by atoms with Crippen molar-refractivity contribution in [2.75, 3.05) is 18.5 Å². The Morgan fingerprint density at radius 2 is 2.13 bits per heavy atom. The van der Waals surface area contributed by atoms with Gasteiger partial charge in [0, 0.05) is 19.8 Å². The molecule has 0 bridgehead atoms. The van der Waals surface area contributed by atoms with Gasteiger partial charge in [-0.05, 0) is 48.3 Å². The van der Waals surface area contributed by atoms with Crippen LogP contribution in [0.4, 0.5) is 5.82 Å². The van der Waals surface area contributed by atoms with Crippen molar-refractivity contribution in [3.63, 3.8) is 0 Å². The van der Waals surface area contributed by atoms with Gasteiger partial charge in [-0.1, -0.05) is 0 Å². The molecule has 0 amide bonds. The normalized spacial score (nSPS) is 11.6. The van der Waals surface area contributed by atoms with Gasteiger partial charge in [0.1, 0.15) is 5.82 Å². The fourth-order valence-corrected chi connectivity index (χ4v) is 2.23. The fraction of sp³-hybridized carbons (Fsp3) is 0.545. The van der Waals surface area contributed by atoms with Crippen LogP contribution in [0.5, 0.6) is 0 Å². The molecule has 0 saturated heterocycles. The molecule has 0 unspecified atom stereocenters. The van der Waals surface area contributed by atoms with E-state index in [2.05, 4.69) is 20.9 Å². The fourth-order valence-electron chi connectivity index (χ4n) is 1.46. The maximum atomic E-state index is 9.71. The summed E-state index contributed by atoms with van der Waals surface area (Å²) in [6.45, 7) is 6.11. The Morgan fingerprint density at radius 3 is 2.60 bits per heavy atom. The predicted molar refractivity (Wildman–Crippen MR) is 66.2 cm³/mol. The van der Waals surface area contributed by atoms with Crippen LogP contribution in [0.3, 0.4) is 0 Å². The second-order valence-electron chi connectivity index (χ2n) is 4.49. The van der Waals surface area contributed by atoms with Crippen molar-refractivity contribution in [1.82, 2.24) is 4.98 Å². The highest BCUT2D eigenvalue weighted by Crippen LogP contribution is 2.24. The number of rotatable bonds is 3. The summed E-state index contributed by atoms with van der Waals surface area (Å²) in [5, 5.41) is 9.71.